The topological polar surface area (TPSA) is 44.6 Å². The zero-order valence-electron chi connectivity index (χ0n) is 12.1. The van der Waals surface area contributed by atoms with Crippen molar-refractivity contribution in [2.24, 2.45) is 5.10 Å². The van der Waals surface area contributed by atoms with E-state index in [-0.39, 0.29) is 5.41 Å². The van der Waals surface area contributed by atoms with E-state index in [1.54, 1.807) is 12.3 Å². The van der Waals surface area contributed by atoms with Crippen LogP contribution in [0.5, 0.6) is 5.75 Å². The molecule has 0 saturated carbocycles. The highest BCUT2D eigenvalue weighted by Gasteiger charge is 2.17. The molecule has 0 radical (unpaired) electrons. The molecule has 0 spiro atoms. The summed E-state index contributed by atoms with van der Waals surface area (Å²) in [5.41, 5.74) is 5.60. The standard InChI is InChI=1S/C17H20N2O/c1-17(2,3)15-10-9-13(11-16(15)20)12-18-19-14-7-5-4-6-8-14/h4-12,19-20H,1-3H3. The second-order valence-corrected chi connectivity index (χ2v) is 5.76. The number of aromatic hydroxyl groups is 1. The molecule has 0 aliphatic carbocycles. The van der Waals surface area contributed by atoms with Gasteiger partial charge < -0.3 is 5.11 Å². The van der Waals surface area contributed by atoms with Gasteiger partial charge in [0.05, 0.1) is 11.9 Å². The molecule has 0 saturated heterocycles. The average Bonchev–Trinajstić information content (AvgIpc) is 2.38. The lowest BCUT2D eigenvalue weighted by Crippen LogP contribution is -2.11. The van der Waals surface area contributed by atoms with Gasteiger partial charge in [0, 0.05) is 0 Å². The van der Waals surface area contributed by atoms with Gasteiger partial charge in [-0.25, -0.2) is 0 Å². The first-order chi connectivity index (χ1) is 9.47. The van der Waals surface area contributed by atoms with E-state index in [4.69, 9.17) is 0 Å². The number of benzene rings is 2. The summed E-state index contributed by atoms with van der Waals surface area (Å²) < 4.78 is 0. The number of para-hydroxylation sites is 1. The zero-order chi connectivity index (χ0) is 14.6. The number of nitrogens with zero attached hydrogens (tertiary/aromatic N) is 1. The van der Waals surface area contributed by atoms with E-state index in [1.807, 2.05) is 42.5 Å². The smallest absolute Gasteiger partial charge is 0.119 e. The molecule has 0 bridgehead atoms. The third kappa shape index (κ3) is 3.60. The SMILES string of the molecule is CC(C)(C)c1ccc(C=NNc2ccccc2)cc1O. The summed E-state index contributed by atoms with van der Waals surface area (Å²) in [5, 5.41) is 14.2. The zero-order valence-corrected chi connectivity index (χ0v) is 12.1. The summed E-state index contributed by atoms with van der Waals surface area (Å²) in [6.45, 7) is 6.23. The van der Waals surface area contributed by atoms with Gasteiger partial charge in [-0.3, -0.25) is 5.43 Å². The second-order valence-electron chi connectivity index (χ2n) is 5.76. The van der Waals surface area contributed by atoms with Crippen molar-refractivity contribution in [1.82, 2.24) is 0 Å². The predicted octanol–water partition coefficient (Wildman–Crippen LogP) is 4.14. The van der Waals surface area contributed by atoms with Gasteiger partial charge in [-0.2, -0.15) is 5.10 Å². The minimum atomic E-state index is -0.0674. The van der Waals surface area contributed by atoms with Crippen molar-refractivity contribution in [1.29, 1.82) is 0 Å². The summed E-state index contributed by atoms with van der Waals surface area (Å²) in [6, 6.07) is 15.4. The molecule has 104 valence electrons. The Morgan fingerprint density at radius 1 is 1.05 bits per heavy atom. The van der Waals surface area contributed by atoms with Crippen molar-refractivity contribution in [3.05, 3.63) is 59.7 Å². The van der Waals surface area contributed by atoms with Crippen LogP contribution >= 0.6 is 0 Å². The Hall–Kier alpha value is -2.29. The molecule has 2 aromatic carbocycles. The predicted molar refractivity (Wildman–Crippen MR) is 84.5 cm³/mol. The van der Waals surface area contributed by atoms with Gasteiger partial charge in [-0.1, -0.05) is 51.1 Å². The molecule has 0 aliphatic heterocycles. The largest absolute Gasteiger partial charge is 0.508 e. The van der Waals surface area contributed by atoms with Gasteiger partial charge in [0.1, 0.15) is 5.75 Å². The van der Waals surface area contributed by atoms with E-state index < -0.39 is 0 Å². The van der Waals surface area contributed by atoms with Gasteiger partial charge in [0.2, 0.25) is 0 Å². The molecular formula is C17H20N2O. The Balaban J connectivity index is 2.09. The van der Waals surface area contributed by atoms with E-state index in [0.717, 1.165) is 16.8 Å². The van der Waals surface area contributed by atoms with Gasteiger partial charge in [-0.15, -0.1) is 0 Å². The molecular weight excluding hydrogens is 248 g/mol. The molecule has 0 atom stereocenters. The van der Waals surface area contributed by atoms with Crippen LogP contribution in [0.1, 0.15) is 31.9 Å². The van der Waals surface area contributed by atoms with Crippen molar-refractivity contribution >= 4 is 11.9 Å². The maximum atomic E-state index is 10.1. The maximum absolute atomic E-state index is 10.1. The van der Waals surface area contributed by atoms with Crippen LogP contribution < -0.4 is 5.43 Å². The highest BCUT2D eigenvalue weighted by Crippen LogP contribution is 2.30. The summed E-state index contributed by atoms with van der Waals surface area (Å²) >= 11 is 0. The number of hydrogen-bond donors (Lipinski definition) is 2. The number of rotatable bonds is 3. The summed E-state index contributed by atoms with van der Waals surface area (Å²) in [6.07, 6.45) is 1.69. The fourth-order valence-electron chi connectivity index (χ4n) is 1.96. The van der Waals surface area contributed by atoms with Crippen LogP contribution in [0.3, 0.4) is 0 Å². The number of hydrogen-bond acceptors (Lipinski definition) is 3. The first-order valence-corrected chi connectivity index (χ1v) is 6.64. The first kappa shape index (κ1) is 14.1. The number of hydrazone groups is 1. The van der Waals surface area contributed by atoms with Gasteiger partial charge in [0.25, 0.3) is 0 Å². The molecule has 0 fully saturated rings. The number of phenols is 1. The lowest BCUT2D eigenvalue weighted by atomic mass is 9.86. The molecule has 0 aromatic heterocycles. The molecule has 3 heteroatoms. The Kier molecular flexibility index (Phi) is 4.08. The third-order valence-corrected chi connectivity index (χ3v) is 3.01. The average molecular weight is 268 g/mol. The molecule has 0 aliphatic rings. The van der Waals surface area contributed by atoms with Crippen molar-refractivity contribution < 1.29 is 5.11 Å². The highest BCUT2D eigenvalue weighted by atomic mass is 16.3. The molecule has 0 amide bonds. The number of anilines is 1. The minimum absolute atomic E-state index is 0.0674. The molecule has 0 unspecified atom stereocenters. The van der Waals surface area contributed by atoms with E-state index in [0.29, 0.717) is 5.75 Å². The van der Waals surface area contributed by atoms with Crippen molar-refractivity contribution in [3.63, 3.8) is 0 Å². The maximum Gasteiger partial charge on any atom is 0.119 e. The van der Waals surface area contributed by atoms with Crippen LogP contribution in [0.2, 0.25) is 0 Å². The van der Waals surface area contributed by atoms with Crippen LogP contribution in [0.25, 0.3) is 0 Å². The molecule has 0 heterocycles. The lowest BCUT2D eigenvalue weighted by Gasteiger charge is -2.20. The Morgan fingerprint density at radius 2 is 1.75 bits per heavy atom. The number of nitrogens with one attached hydrogen (secondary N) is 1. The molecule has 20 heavy (non-hydrogen) atoms. The van der Waals surface area contributed by atoms with Crippen molar-refractivity contribution in [3.8, 4) is 5.75 Å². The molecule has 3 nitrogen and oxygen atoms in total. The van der Waals surface area contributed by atoms with Crippen LogP contribution in [-0.2, 0) is 5.41 Å². The second kappa shape index (κ2) is 5.78. The van der Waals surface area contributed by atoms with E-state index in [9.17, 15) is 5.11 Å². The third-order valence-electron chi connectivity index (χ3n) is 3.01. The Labute approximate surface area is 120 Å². The van der Waals surface area contributed by atoms with Crippen LogP contribution in [0.15, 0.2) is 53.6 Å². The summed E-state index contributed by atoms with van der Waals surface area (Å²) in [5.74, 6) is 0.307. The van der Waals surface area contributed by atoms with Crippen molar-refractivity contribution in [2.45, 2.75) is 26.2 Å². The summed E-state index contributed by atoms with van der Waals surface area (Å²) in [4.78, 5) is 0. The first-order valence-electron chi connectivity index (χ1n) is 6.64. The van der Waals surface area contributed by atoms with E-state index in [2.05, 4.69) is 31.3 Å². The molecule has 2 N–H and O–H groups in total. The Bertz CT molecular complexity index is 598. The van der Waals surface area contributed by atoms with E-state index >= 15 is 0 Å². The monoisotopic (exact) mass is 268 g/mol. The summed E-state index contributed by atoms with van der Waals surface area (Å²) in [7, 11) is 0. The fraction of sp³-hybridized carbons (Fsp3) is 0.235. The highest BCUT2D eigenvalue weighted by molar-refractivity contribution is 5.81. The van der Waals surface area contributed by atoms with Crippen LogP contribution in [0.4, 0.5) is 5.69 Å². The quantitative estimate of drug-likeness (QED) is 0.649. The minimum Gasteiger partial charge on any atom is -0.508 e. The van der Waals surface area contributed by atoms with Gasteiger partial charge in [0.15, 0.2) is 0 Å². The molecule has 2 rings (SSSR count). The Morgan fingerprint density at radius 3 is 2.35 bits per heavy atom. The van der Waals surface area contributed by atoms with Crippen LogP contribution in [-0.4, -0.2) is 11.3 Å². The van der Waals surface area contributed by atoms with Gasteiger partial charge >= 0.3 is 0 Å². The molecule has 2 aromatic rings. The normalized spacial score (nSPS) is 11.8. The fourth-order valence-corrected chi connectivity index (χ4v) is 1.96. The lowest BCUT2D eigenvalue weighted by molar-refractivity contribution is 0.446. The van der Waals surface area contributed by atoms with E-state index in [1.165, 1.54) is 0 Å². The van der Waals surface area contributed by atoms with Crippen LogP contribution in [0, 0.1) is 0 Å². The van der Waals surface area contributed by atoms with Gasteiger partial charge in [-0.05, 0) is 34.7 Å². The van der Waals surface area contributed by atoms with Crippen molar-refractivity contribution in [2.75, 3.05) is 5.43 Å². The number of phenolic OH excluding ortho intramolecular Hbond substituents is 1.